The molecule has 3 aromatic carbocycles. The largest absolute Gasteiger partial charge is 0.454 e. The third kappa shape index (κ3) is 4.88. The summed E-state index contributed by atoms with van der Waals surface area (Å²) in [5, 5.41) is 10.5. The quantitative estimate of drug-likeness (QED) is 0.241. The average molecular weight is 466 g/mol. The van der Waals surface area contributed by atoms with Crippen LogP contribution in [0.2, 0.25) is 10.0 Å². The molecule has 8 nitrogen and oxygen atoms in total. The van der Waals surface area contributed by atoms with Gasteiger partial charge in [0.1, 0.15) is 11.6 Å². The van der Waals surface area contributed by atoms with Gasteiger partial charge in [-0.1, -0.05) is 53.5 Å². The van der Waals surface area contributed by atoms with Gasteiger partial charge < -0.3 is 10.5 Å². The van der Waals surface area contributed by atoms with Gasteiger partial charge in [0, 0.05) is 17.7 Å². The molecule has 11 heteroatoms. The van der Waals surface area contributed by atoms with Gasteiger partial charge in [0.2, 0.25) is 0 Å². The summed E-state index contributed by atoms with van der Waals surface area (Å²) in [5.74, 6) is 0.0338. The van der Waals surface area contributed by atoms with Gasteiger partial charge in [-0.05, 0) is 24.3 Å². The van der Waals surface area contributed by atoms with E-state index in [9.17, 15) is 18.5 Å². The molecule has 3 aromatic rings. The zero-order valence-corrected chi connectivity index (χ0v) is 17.4. The standard InChI is InChI=1S/C19H13Cl2N3O5S/c20-16-10-15(30(27,28)23-19(22)12-4-2-1-3-5-12)11-17(21)18(16)29-14-8-6-13(7-9-14)24(25)26/h1-11H,(H2,22,23). The molecule has 0 saturated heterocycles. The van der Waals surface area contributed by atoms with E-state index in [-0.39, 0.29) is 38.0 Å². The highest BCUT2D eigenvalue weighted by Crippen LogP contribution is 2.39. The van der Waals surface area contributed by atoms with Crippen molar-refractivity contribution >= 4 is 44.7 Å². The van der Waals surface area contributed by atoms with Crippen LogP contribution >= 0.6 is 23.2 Å². The molecule has 0 amide bonds. The first kappa shape index (κ1) is 21.6. The zero-order chi connectivity index (χ0) is 21.9. The molecule has 0 unspecified atom stereocenters. The summed E-state index contributed by atoms with van der Waals surface area (Å²) in [6.45, 7) is 0. The predicted molar refractivity (Wildman–Crippen MR) is 114 cm³/mol. The number of halogens is 2. The number of nitrogens with zero attached hydrogens (tertiary/aromatic N) is 2. The van der Waals surface area contributed by atoms with Gasteiger partial charge in [0.05, 0.1) is 19.9 Å². The molecule has 154 valence electrons. The maximum atomic E-state index is 12.6. The molecular weight excluding hydrogens is 453 g/mol. The first-order valence-corrected chi connectivity index (χ1v) is 10.4. The van der Waals surface area contributed by atoms with Crippen LogP contribution < -0.4 is 10.5 Å². The average Bonchev–Trinajstić information content (AvgIpc) is 2.71. The van der Waals surface area contributed by atoms with Crippen molar-refractivity contribution in [2.75, 3.05) is 0 Å². The Morgan fingerprint density at radius 1 is 1.00 bits per heavy atom. The lowest BCUT2D eigenvalue weighted by molar-refractivity contribution is -0.384. The number of hydrogen-bond acceptors (Lipinski definition) is 5. The van der Waals surface area contributed by atoms with E-state index in [0.717, 1.165) is 12.1 Å². The van der Waals surface area contributed by atoms with Crippen LogP contribution in [0.3, 0.4) is 0 Å². The Bertz CT molecular complexity index is 1210. The van der Waals surface area contributed by atoms with E-state index >= 15 is 0 Å². The van der Waals surface area contributed by atoms with Crippen LogP contribution in [0.5, 0.6) is 11.5 Å². The van der Waals surface area contributed by atoms with Crippen LogP contribution in [0.1, 0.15) is 5.56 Å². The van der Waals surface area contributed by atoms with E-state index in [2.05, 4.69) is 4.40 Å². The molecule has 0 radical (unpaired) electrons. The van der Waals surface area contributed by atoms with Gasteiger partial charge in [-0.2, -0.15) is 8.42 Å². The zero-order valence-electron chi connectivity index (χ0n) is 15.0. The van der Waals surface area contributed by atoms with Crippen LogP contribution in [0.25, 0.3) is 0 Å². The second-order valence-electron chi connectivity index (χ2n) is 5.89. The first-order chi connectivity index (χ1) is 14.2. The fraction of sp³-hybridized carbons (Fsp3) is 0. The van der Waals surface area contributed by atoms with Gasteiger partial charge in [-0.3, -0.25) is 10.1 Å². The number of non-ortho nitro benzene ring substituents is 1. The van der Waals surface area contributed by atoms with Crippen molar-refractivity contribution in [3.8, 4) is 11.5 Å². The number of ether oxygens (including phenoxy) is 1. The van der Waals surface area contributed by atoms with Crippen molar-refractivity contribution in [2.24, 2.45) is 10.1 Å². The molecule has 30 heavy (non-hydrogen) atoms. The molecule has 0 aliphatic carbocycles. The SMILES string of the molecule is NC(=NS(=O)(=O)c1cc(Cl)c(Oc2ccc([N+](=O)[O-])cc2)c(Cl)c1)c1ccccc1. The molecule has 0 saturated carbocycles. The minimum absolute atomic E-state index is 0.00820. The summed E-state index contributed by atoms with van der Waals surface area (Å²) in [6, 6.07) is 15.9. The minimum Gasteiger partial charge on any atom is -0.454 e. The van der Waals surface area contributed by atoms with Crippen molar-refractivity contribution in [1.29, 1.82) is 0 Å². The number of amidine groups is 1. The minimum atomic E-state index is -4.19. The molecular formula is C19H13Cl2N3O5S. The number of sulfonamides is 1. The van der Waals surface area contributed by atoms with Gasteiger partial charge in [0.15, 0.2) is 5.75 Å². The van der Waals surface area contributed by atoms with Gasteiger partial charge in [-0.15, -0.1) is 4.40 Å². The lowest BCUT2D eigenvalue weighted by Gasteiger charge is -2.11. The lowest BCUT2D eigenvalue weighted by Crippen LogP contribution is -2.16. The van der Waals surface area contributed by atoms with E-state index in [4.69, 9.17) is 33.7 Å². The van der Waals surface area contributed by atoms with Gasteiger partial charge in [0.25, 0.3) is 15.7 Å². The smallest absolute Gasteiger partial charge is 0.284 e. The first-order valence-electron chi connectivity index (χ1n) is 8.24. The number of hydrogen-bond donors (Lipinski definition) is 1. The number of nitro groups is 1. The molecule has 0 atom stereocenters. The van der Waals surface area contributed by atoms with E-state index in [0.29, 0.717) is 5.56 Å². The van der Waals surface area contributed by atoms with Crippen LogP contribution in [0.4, 0.5) is 5.69 Å². The van der Waals surface area contributed by atoms with Crippen molar-refractivity contribution < 1.29 is 18.1 Å². The maximum absolute atomic E-state index is 12.6. The van der Waals surface area contributed by atoms with Gasteiger partial charge in [-0.25, -0.2) is 0 Å². The molecule has 0 fully saturated rings. The van der Waals surface area contributed by atoms with Crippen LogP contribution in [-0.4, -0.2) is 19.2 Å². The summed E-state index contributed by atoms with van der Waals surface area (Å²) >= 11 is 12.3. The molecule has 0 aliphatic heterocycles. The highest BCUT2D eigenvalue weighted by atomic mass is 35.5. The fourth-order valence-corrected chi connectivity index (χ4v) is 4.08. The summed E-state index contributed by atoms with van der Waals surface area (Å²) in [6.07, 6.45) is 0. The number of rotatable bonds is 6. The maximum Gasteiger partial charge on any atom is 0.284 e. The van der Waals surface area contributed by atoms with Crippen molar-refractivity contribution in [1.82, 2.24) is 0 Å². The Morgan fingerprint density at radius 2 is 1.57 bits per heavy atom. The topological polar surface area (TPSA) is 125 Å². The van der Waals surface area contributed by atoms with E-state index in [1.807, 2.05) is 0 Å². The van der Waals surface area contributed by atoms with Gasteiger partial charge >= 0.3 is 0 Å². The Hall–Kier alpha value is -3.14. The van der Waals surface area contributed by atoms with Crippen molar-refractivity contribution in [3.05, 3.63) is 92.5 Å². The monoisotopic (exact) mass is 465 g/mol. The molecule has 0 heterocycles. The second kappa shape index (κ2) is 8.70. The molecule has 0 aliphatic rings. The lowest BCUT2D eigenvalue weighted by atomic mass is 10.2. The summed E-state index contributed by atoms with van der Waals surface area (Å²) in [4.78, 5) is 9.90. The van der Waals surface area contributed by atoms with E-state index < -0.39 is 14.9 Å². The molecule has 2 N–H and O–H groups in total. The highest BCUT2D eigenvalue weighted by molar-refractivity contribution is 7.90. The Morgan fingerprint density at radius 3 is 2.10 bits per heavy atom. The van der Waals surface area contributed by atoms with Crippen molar-refractivity contribution in [3.63, 3.8) is 0 Å². The molecule has 3 rings (SSSR count). The summed E-state index contributed by atoms with van der Waals surface area (Å²) in [5.41, 5.74) is 6.12. The van der Waals surface area contributed by atoms with E-state index in [1.54, 1.807) is 30.3 Å². The van der Waals surface area contributed by atoms with Crippen LogP contribution in [-0.2, 0) is 10.0 Å². The highest BCUT2D eigenvalue weighted by Gasteiger charge is 2.20. The molecule has 0 spiro atoms. The molecule has 0 aromatic heterocycles. The third-order valence-corrected chi connectivity index (χ3v) is 5.66. The Labute approximate surface area is 181 Å². The normalized spacial score (nSPS) is 11.9. The van der Waals surface area contributed by atoms with Crippen LogP contribution in [0, 0.1) is 10.1 Å². The second-order valence-corrected chi connectivity index (χ2v) is 8.31. The summed E-state index contributed by atoms with van der Waals surface area (Å²) in [7, 11) is -4.19. The predicted octanol–water partition coefficient (Wildman–Crippen LogP) is 4.79. The Kier molecular flexibility index (Phi) is 6.25. The number of nitro benzene ring substituents is 1. The number of benzene rings is 3. The fourth-order valence-electron chi connectivity index (χ4n) is 2.38. The number of nitrogens with two attached hydrogens (primary N) is 1. The van der Waals surface area contributed by atoms with Crippen LogP contribution in [0.15, 0.2) is 76.0 Å². The third-order valence-electron chi connectivity index (χ3n) is 3.83. The van der Waals surface area contributed by atoms with E-state index in [1.165, 1.54) is 24.3 Å². The molecule has 0 bridgehead atoms. The summed E-state index contributed by atoms with van der Waals surface area (Å²) < 4.78 is 34.4. The van der Waals surface area contributed by atoms with Crippen molar-refractivity contribution in [2.45, 2.75) is 4.90 Å². The Balaban J connectivity index is 1.91.